The molecule has 0 aliphatic carbocycles. The first-order valence-corrected chi connectivity index (χ1v) is 11.6. The van der Waals surface area contributed by atoms with E-state index in [0.29, 0.717) is 5.02 Å². The van der Waals surface area contributed by atoms with Crippen molar-refractivity contribution >= 4 is 34.1 Å². The van der Waals surface area contributed by atoms with Crippen LogP contribution in [0, 0.1) is 12.3 Å². The molecule has 0 bridgehead atoms. The number of hydrogen-bond acceptors (Lipinski definition) is 5. The molecule has 8 heteroatoms. The summed E-state index contributed by atoms with van der Waals surface area (Å²) < 4.78 is 7.99. The van der Waals surface area contributed by atoms with Crippen LogP contribution in [-0.2, 0) is 4.74 Å². The van der Waals surface area contributed by atoms with Gasteiger partial charge in [0, 0.05) is 64.7 Å². The molecule has 1 spiro atoms. The van der Waals surface area contributed by atoms with Gasteiger partial charge in [-0.3, -0.25) is 4.40 Å². The van der Waals surface area contributed by atoms with Gasteiger partial charge in [-0.2, -0.15) is 0 Å². The quantitative estimate of drug-likeness (QED) is 0.478. The lowest BCUT2D eigenvalue weighted by Gasteiger charge is -2.41. The monoisotopic (exact) mass is 450 g/mol. The molecule has 7 nitrogen and oxygen atoms in total. The zero-order valence-electron chi connectivity index (χ0n) is 18.3. The predicted octanol–water partition coefficient (Wildman–Crippen LogP) is 4.17. The number of aromatic nitrogens is 4. The maximum absolute atomic E-state index is 6.52. The Morgan fingerprint density at radius 3 is 2.84 bits per heavy atom. The molecule has 6 rings (SSSR count). The third-order valence-corrected chi connectivity index (χ3v) is 7.71. The third-order valence-electron chi connectivity index (χ3n) is 7.49. The van der Waals surface area contributed by atoms with Crippen LogP contribution < -0.4 is 10.6 Å². The van der Waals surface area contributed by atoms with E-state index in [2.05, 4.69) is 28.1 Å². The number of rotatable bonds is 2. The van der Waals surface area contributed by atoms with Crippen molar-refractivity contribution in [1.82, 2.24) is 19.4 Å². The van der Waals surface area contributed by atoms with Gasteiger partial charge in [-0.15, -0.1) is 0 Å². The highest BCUT2D eigenvalue weighted by Gasteiger charge is 2.47. The number of piperidine rings is 1. The minimum absolute atomic E-state index is 0.0823. The molecule has 2 saturated heterocycles. The summed E-state index contributed by atoms with van der Waals surface area (Å²) in [6, 6.07) is 6.10. The number of nitrogens with zero attached hydrogens (tertiary/aromatic N) is 4. The lowest BCUT2D eigenvalue weighted by atomic mass is 9.73. The minimum atomic E-state index is 0.0823. The lowest BCUT2D eigenvalue weighted by Crippen LogP contribution is -2.51. The van der Waals surface area contributed by atoms with Crippen LogP contribution in [0.15, 0.2) is 36.8 Å². The Labute approximate surface area is 191 Å². The molecular weight excluding hydrogens is 424 g/mol. The second-order valence-electron chi connectivity index (χ2n) is 9.28. The molecule has 2 aliphatic rings. The zero-order chi connectivity index (χ0) is 22.0. The van der Waals surface area contributed by atoms with Crippen LogP contribution in [-0.4, -0.2) is 51.2 Å². The number of fused-ring (bicyclic) bond motifs is 2. The summed E-state index contributed by atoms with van der Waals surface area (Å²) >= 11 is 6.45. The van der Waals surface area contributed by atoms with Crippen molar-refractivity contribution in [3.05, 3.63) is 47.5 Å². The van der Waals surface area contributed by atoms with E-state index in [0.717, 1.165) is 71.9 Å². The summed E-state index contributed by atoms with van der Waals surface area (Å²) in [5.41, 5.74) is 11.5. The fourth-order valence-corrected chi connectivity index (χ4v) is 5.79. The van der Waals surface area contributed by atoms with Gasteiger partial charge < -0.3 is 20.4 Å². The molecule has 4 aromatic rings. The molecule has 3 N–H and O–H groups in total. The van der Waals surface area contributed by atoms with Crippen molar-refractivity contribution in [2.75, 3.05) is 24.6 Å². The molecule has 2 fully saturated rings. The lowest BCUT2D eigenvalue weighted by molar-refractivity contribution is 0.0973. The molecule has 166 valence electrons. The molecule has 5 heterocycles. The summed E-state index contributed by atoms with van der Waals surface area (Å²) in [6.07, 6.45) is 7.92. The molecule has 0 saturated carbocycles. The summed E-state index contributed by atoms with van der Waals surface area (Å²) in [4.78, 5) is 15.5. The van der Waals surface area contributed by atoms with E-state index in [4.69, 9.17) is 32.0 Å². The van der Waals surface area contributed by atoms with Gasteiger partial charge in [-0.05, 0) is 44.9 Å². The molecule has 2 aliphatic heterocycles. The van der Waals surface area contributed by atoms with Gasteiger partial charge in [-0.1, -0.05) is 11.6 Å². The maximum Gasteiger partial charge on any atom is 0.211 e. The summed E-state index contributed by atoms with van der Waals surface area (Å²) in [6.45, 7) is 6.70. The number of ether oxygens (including phenoxy) is 1. The first-order chi connectivity index (χ1) is 15.5. The van der Waals surface area contributed by atoms with E-state index in [1.165, 1.54) is 0 Å². The number of benzene rings is 1. The average molecular weight is 451 g/mol. The van der Waals surface area contributed by atoms with Crippen molar-refractivity contribution in [2.24, 2.45) is 11.1 Å². The van der Waals surface area contributed by atoms with E-state index in [1.807, 2.05) is 36.8 Å². The molecule has 0 radical (unpaired) electrons. The highest BCUT2D eigenvalue weighted by molar-refractivity contribution is 6.32. The van der Waals surface area contributed by atoms with Crippen LogP contribution in [0.1, 0.15) is 25.5 Å². The third kappa shape index (κ3) is 2.88. The Bertz CT molecular complexity index is 1320. The number of aromatic amines is 1. The second kappa shape index (κ2) is 7.20. The minimum Gasteiger partial charge on any atom is -0.376 e. The summed E-state index contributed by atoms with van der Waals surface area (Å²) in [5.74, 6) is 0.930. The van der Waals surface area contributed by atoms with Crippen molar-refractivity contribution in [3.63, 3.8) is 0 Å². The number of imidazole rings is 1. The van der Waals surface area contributed by atoms with E-state index >= 15 is 0 Å². The van der Waals surface area contributed by atoms with E-state index in [9.17, 15) is 0 Å². The highest BCUT2D eigenvalue weighted by Crippen LogP contribution is 2.42. The molecule has 0 amide bonds. The van der Waals surface area contributed by atoms with Crippen LogP contribution in [0.5, 0.6) is 0 Å². The number of halogens is 1. The Morgan fingerprint density at radius 2 is 2.09 bits per heavy atom. The van der Waals surface area contributed by atoms with Crippen LogP contribution >= 0.6 is 11.6 Å². The van der Waals surface area contributed by atoms with Gasteiger partial charge >= 0.3 is 0 Å². The van der Waals surface area contributed by atoms with Gasteiger partial charge in [0.15, 0.2) is 0 Å². The fourth-order valence-electron chi connectivity index (χ4n) is 5.57. The maximum atomic E-state index is 6.52. The Balaban J connectivity index is 1.41. The van der Waals surface area contributed by atoms with Crippen LogP contribution in [0.3, 0.4) is 0 Å². The topological polar surface area (TPSA) is 84.5 Å². The largest absolute Gasteiger partial charge is 0.376 e. The number of H-pyrrole nitrogens is 1. The van der Waals surface area contributed by atoms with Crippen molar-refractivity contribution < 1.29 is 4.74 Å². The number of nitrogens with one attached hydrogen (secondary N) is 1. The molecule has 3 aromatic heterocycles. The molecular formula is C24H27ClN6O. The summed E-state index contributed by atoms with van der Waals surface area (Å²) in [7, 11) is 0. The van der Waals surface area contributed by atoms with Gasteiger partial charge in [-0.25, -0.2) is 9.97 Å². The standard InChI is InChI=1S/C24H27ClN6O/c1-14-19(18-12-17(25)11-16-3-6-27-20(16)18)22-28-7-10-31(22)23(29-14)30-8-4-24(5-9-30)13-32-15(2)21(24)26/h3,6-7,10-12,15,21,27H,4-5,8-9,13,26H2,1-2H3/t15-,21+/m0/s1. The molecule has 0 unspecified atom stereocenters. The molecule has 32 heavy (non-hydrogen) atoms. The zero-order valence-corrected chi connectivity index (χ0v) is 19.1. The van der Waals surface area contributed by atoms with E-state index in [-0.39, 0.29) is 17.6 Å². The SMILES string of the molecule is Cc1nc(N2CCC3(CC2)CO[C@@H](C)[C@H]3N)n2ccnc2c1-c1cc(Cl)cc2cc[nH]c12. The average Bonchev–Trinajstić information content (AvgIpc) is 3.51. The number of aryl methyl sites for hydroxylation is 1. The van der Waals surface area contributed by atoms with Crippen LogP contribution in [0.4, 0.5) is 5.95 Å². The Kier molecular flexibility index (Phi) is 4.51. The molecule has 2 atom stereocenters. The number of nitrogens with two attached hydrogens (primary N) is 1. The van der Waals surface area contributed by atoms with Crippen molar-refractivity contribution in [2.45, 2.75) is 38.8 Å². The first-order valence-electron chi connectivity index (χ1n) is 11.2. The fraction of sp³-hybridized carbons (Fsp3) is 0.417. The van der Waals surface area contributed by atoms with E-state index in [1.54, 1.807) is 0 Å². The van der Waals surface area contributed by atoms with Crippen LogP contribution in [0.2, 0.25) is 5.02 Å². The highest BCUT2D eigenvalue weighted by atomic mass is 35.5. The Hall–Kier alpha value is -2.61. The van der Waals surface area contributed by atoms with Crippen molar-refractivity contribution in [1.29, 1.82) is 0 Å². The van der Waals surface area contributed by atoms with Gasteiger partial charge in [0.1, 0.15) is 5.65 Å². The molecule has 1 aromatic carbocycles. The number of anilines is 1. The van der Waals surface area contributed by atoms with Crippen molar-refractivity contribution in [3.8, 4) is 11.1 Å². The van der Waals surface area contributed by atoms with E-state index < -0.39 is 0 Å². The van der Waals surface area contributed by atoms with Gasteiger partial charge in [0.25, 0.3) is 0 Å². The van der Waals surface area contributed by atoms with Crippen LogP contribution in [0.25, 0.3) is 27.7 Å². The Morgan fingerprint density at radius 1 is 1.28 bits per heavy atom. The van der Waals surface area contributed by atoms with Gasteiger partial charge in [0.2, 0.25) is 5.95 Å². The normalized spacial score (nSPS) is 23.1. The number of hydrogen-bond donors (Lipinski definition) is 2. The smallest absolute Gasteiger partial charge is 0.211 e. The van der Waals surface area contributed by atoms with Gasteiger partial charge in [0.05, 0.1) is 23.9 Å². The predicted molar refractivity (Wildman–Crippen MR) is 127 cm³/mol. The second-order valence-corrected chi connectivity index (χ2v) is 9.72. The first kappa shape index (κ1) is 20.0. The summed E-state index contributed by atoms with van der Waals surface area (Å²) in [5, 5.41) is 1.78.